The minimum absolute atomic E-state index is 0.180. The number of fused-ring (bicyclic) bond motifs is 1. The fourth-order valence-corrected chi connectivity index (χ4v) is 5.55. The second kappa shape index (κ2) is 12.6. The second-order valence-corrected chi connectivity index (χ2v) is 11.5. The van der Waals surface area contributed by atoms with Crippen molar-refractivity contribution in [3.05, 3.63) is 88.5 Å². The Balaban J connectivity index is 0.000000353. The molecule has 39 heavy (non-hydrogen) atoms. The normalized spacial score (nSPS) is 18.4. The topological polar surface area (TPSA) is 113 Å². The summed E-state index contributed by atoms with van der Waals surface area (Å²) in [5.41, 5.74) is 6.51. The van der Waals surface area contributed by atoms with Gasteiger partial charge in [-0.15, -0.1) is 0 Å². The Kier molecular flexibility index (Phi) is 9.77. The van der Waals surface area contributed by atoms with Gasteiger partial charge in [0, 0.05) is 18.4 Å². The highest BCUT2D eigenvalue weighted by Crippen LogP contribution is 2.40. The molecule has 0 spiro atoms. The molecular formula is C30H37NO7S. The summed E-state index contributed by atoms with van der Waals surface area (Å²) >= 11 is 0. The Hall–Kier alpha value is -3.40. The Morgan fingerprint density at radius 3 is 2.21 bits per heavy atom. The quantitative estimate of drug-likeness (QED) is 0.317. The van der Waals surface area contributed by atoms with Crippen molar-refractivity contribution in [1.29, 1.82) is 0 Å². The van der Waals surface area contributed by atoms with Crippen LogP contribution in [0.2, 0.25) is 0 Å². The molecule has 9 heteroatoms. The molecule has 1 N–H and O–H groups in total. The SMILES string of the molecule is COc1ccc(C[C@@H]2c3cc(C)c(C)cc3CC[N@+]2(C)CCC(=O)O)cc1OC.O=S(=O)([O-])c1ccccc1. The fraction of sp³-hybridized carbons (Fsp3) is 0.367. The Morgan fingerprint density at radius 1 is 1.00 bits per heavy atom. The minimum atomic E-state index is -4.25. The van der Waals surface area contributed by atoms with Crippen molar-refractivity contribution in [3.8, 4) is 11.5 Å². The van der Waals surface area contributed by atoms with Crippen LogP contribution in [0, 0.1) is 13.8 Å². The van der Waals surface area contributed by atoms with Crippen LogP contribution in [0.25, 0.3) is 0 Å². The van der Waals surface area contributed by atoms with Crippen molar-refractivity contribution in [2.75, 3.05) is 34.4 Å². The summed E-state index contributed by atoms with van der Waals surface area (Å²) in [6, 6.07) is 18.1. The maximum Gasteiger partial charge on any atom is 0.309 e. The molecule has 0 radical (unpaired) electrons. The van der Waals surface area contributed by atoms with E-state index < -0.39 is 16.1 Å². The molecule has 0 unspecified atom stereocenters. The van der Waals surface area contributed by atoms with E-state index in [1.807, 2.05) is 12.1 Å². The number of likely N-dealkylation sites (N-methyl/N-ethyl adjacent to an activating group) is 1. The number of carboxylic acids is 1. The number of quaternary nitrogens is 1. The number of nitrogens with zero attached hydrogens (tertiary/aromatic N) is 1. The van der Waals surface area contributed by atoms with Crippen LogP contribution in [0.5, 0.6) is 11.5 Å². The maximum absolute atomic E-state index is 11.3. The molecular weight excluding hydrogens is 518 g/mol. The van der Waals surface area contributed by atoms with Crippen molar-refractivity contribution in [2.24, 2.45) is 0 Å². The predicted octanol–water partition coefficient (Wildman–Crippen LogP) is 4.67. The predicted molar refractivity (Wildman–Crippen MR) is 148 cm³/mol. The summed E-state index contributed by atoms with van der Waals surface area (Å²) < 4.78 is 42.4. The Bertz CT molecular complexity index is 1410. The molecule has 3 aromatic rings. The second-order valence-electron chi connectivity index (χ2n) is 10.1. The van der Waals surface area contributed by atoms with E-state index in [1.165, 1.54) is 52.1 Å². The molecule has 3 aromatic carbocycles. The van der Waals surface area contributed by atoms with E-state index in [0.29, 0.717) is 6.54 Å². The van der Waals surface area contributed by atoms with Crippen molar-refractivity contribution < 1.29 is 36.8 Å². The van der Waals surface area contributed by atoms with Gasteiger partial charge in [0.15, 0.2) is 11.5 Å². The monoisotopic (exact) mass is 555 g/mol. The lowest BCUT2D eigenvalue weighted by Gasteiger charge is -2.46. The zero-order valence-corrected chi connectivity index (χ0v) is 24.0. The lowest BCUT2D eigenvalue weighted by molar-refractivity contribution is -0.940. The number of carbonyl (C=O) groups is 1. The largest absolute Gasteiger partial charge is 0.744 e. The Labute approximate surface area is 231 Å². The van der Waals surface area contributed by atoms with Crippen LogP contribution in [-0.4, -0.2) is 62.9 Å². The van der Waals surface area contributed by atoms with E-state index in [0.717, 1.165) is 35.4 Å². The molecule has 0 saturated carbocycles. The molecule has 0 amide bonds. The summed E-state index contributed by atoms with van der Waals surface area (Å²) in [6.07, 6.45) is 1.99. The number of benzene rings is 3. The van der Waals surface area contributed by atoms with Gasteiger partial charge in [-0.3, -0.25) is 4.79 Å². The van der Waals surface area contributed by atoms with Crippen molar-refractivity contribution >= 4 is 16.1 Å². The zero-order chi connectivity index (χ0) is 28.8. The smallest absolute Gasteiger partial charge is 0.309 e. The van der Waals surface area contributed by atoms with Gasteiger partial charge >= 0.3 is 5.97 Å². The number of methoxy groups -OCH3 is 2. The van der Waals surface area contributed by atoms with Crippen molar-refractivity contribution in [3.63, 3.8) is 0 Å². The van der Waals surface area contributed by atoms with Crippen LogP contribution in [-0.2, 0) is 27.8 Å². The maximum atomic E-state index is 11.3. The zero-order valence-electron chi connectivity index (χ0n) is 23.1. The van der Waals surface area contributed by atoms with Gasteiger partial charge in [0.1, 0.15) is 16.2 Å². The molecule has 1 aliphatic rings. The lowest BCUT2D eigenvalue weighted by atomic mass is 9.84. The standard InChI is InChI=1S/C24H31NO4.C6H6O3S/c1-16-12-19-8-10-25(3,11-9-24(26)27)21(20(19)13-17(16)2)14-18-6-7-22(28-4)23(15-18)29-5;7-10(8,9)6-4-2-1-3-5-6/h6-7,12-13,15,21H,8-11,14H2,1-5H3;1-5H,(H,7,8,9)/t21-,25-;/m1./s1. The Morgan fingerprint density at radius 2 is 1.64 bits per heavy atom. The summed E-state index contributed by atoms with van der Waals surface area (Å²) in [5, 5.41) is 9.30. The highest BCUT2D eigenvalue weighted by molar-refractivity contribution is 7.85. The molecule has 2 atom stereocenters. The average Bonchev–Trinajstić information content (AvgIpc) is 2.91. The van der Waals surface area contributed by atoms with Crippen molar-refractivity contribution in [1.82, 2.24) is 0 Å². The molecule has 0 bridgehead atoms. The molecule has 0 aliphatic carbocycles. The third-order valence-corrected chi connectivity index (χ3v) is 8.35. The van der Waals surface area contributed by atoms with Gasteiger partial charge < -0.3 is 23.6 Å². The summed E-state index contributed by atoms with van der Waals surface area (Å²) in [4.78, 5) is 11.1. The van der Waals surface area contributed by atoms with Gasteiger partial charge in [-0.05, 0) is 66.4 Å². The number of carboxylic acid groups (broad SMARTS) is 1. The highest BCUT2D eigenvalue weighted by Gasteiger charge is 2.39. The van der Waals surface area contributed by atoms with Crippen LogP contribution >= 0.6 is 0 Å². The average molecular weight is 556 g/mol. The molecule has 210 valence electrons. The summed E-state index contributed by atoms with van der Waals surface area (Å²) in [7, 11) is 1.24. The minimum Gasteiger partial charge on any atom is -0.744 e. The first kappa shape index (κ1) is 30.1. The molecule has 1 heterocycles. The van der Waals surface area contributed by atoms with Crippen LogP contribution < -0.4 is 9.47 Å². The third kappa shape index (κ3) is 7.59. The van der Waals surface area contributed by atoms with Gasteiger partial charge in [-0.1, -0.05) is 30.3 Å². The van der Waals surface area contributed by atoms with Gasteiger partial charge in [0.2, 0.25) is 0 Å². The first-order valence-electron chi connectivity index (χ1n) is 12.8. The van der Waals surface area contributed by atoms with E-state index in [4.69, 9.17) is 9.47 Å². The van der Waals surface area contributed by atoms with E-state index in [9.17, 15) is 22.9 Å². The van der Waals surface area contributed by atoms with E-state index in [1.54, 1.807) is 20.3 Å². The van der Waals surface area contributed by atoms with Gasteiger partial charge in [-0.25, -0.2) is 8.42 Å². The van der Waals surface area contributed by atoms with Gasteiger partial charge in [0.05, 0.1) is 45.7 Å². The van der Waals surface area contributed by atoms with Crippen LogP contribution in [0.3, 0.4) is 0 Å². The molecule has 1 aliphatic heterocycles. The van der Waals surface area contributed by atoms with Crippen LogP contribution in [0.4, 0.5) is 0 Å². The summed E-state index contributed by atoms with van der Waals surface area (Å²) in [6.45, 7) is 5.88. The van der Waals surface area contributed by atoms with E-state index in [-0.39, 0.29) is 17.4 Å². The highest BCUT2D eigenvalue weighted by atomic mass is 32.2. The summed E-state index contributed by atoms with van der Waals surface area (Å²) in [5.74, 6) is 0.704. The molecule has 0 saturated heterocycles. The van der Waals surface area contributed by atoms with Gasteiger partial charge in [-0.2, -0.15) is 0 Å². The molecule has 4 rings (SSSR count). The molecule has 0 aromatic heterocycles. The first-order chi connectivity index (χ1) is 18.4. The lowest BCUT2D eigenvalue weighted by Crippen LogP contribution is -2.53. The molecule has 8 nitrogen and oxygen atoms in total. The van der Waals surface area contributed by atoms with Crippen LogP contribution in [0.15, 0.2) is 65.6 Å². The van der Waals surface area contributed by atoms with E-state index >= 15 is 0 Å². The fourth-order valence-electron chi connectivity index (χ4n) is 5.06. The number of hydrogen-bond acceptors (Lipinski definition) is 6. The number of rotatable bonds is 8. The van der Waals surface area contributed by atoms with Gasteiger partial charge in [0.25, 0.3) is 0 Å². The van der Waals surface area contributed by atoms with Crippen molar-refractivity contribution in [2.45, 2.75) is 44.0 Å². The first-order valence-corrected chi connectivity index (χ1v) is 14.2. The molecule has 0 fully saturated rings. The number of ether oxygens (including phenoxy) is 2. The van der Waals surface area contributed by atoms with Crippen LogP contribution in [0.1, 0.15) is 40.3 Å². The number of aryl methyl sites for hydroxylation is 2. The third-order valence-electron chi connectivity index (χ3n) is 7.50. The van der Waals surface area contributed by atoms with E-state index in [2.05, 4.69) is 39.1 Å². The number of aliphatic carboxylic acids is 1. The number of hydrogen-bond donors (Lipinski definition) is 1.